The molecule has 0 aromatic carbocycles. The maximum atomic E-state index is 12.1. The summed E-state index contributed by atoms with van der Waals surface area (Å²) < 4.78 is 12.2. The predicted octanol–water partition coefficient (Wildman–Crippen LogP) is 1.37. The van der Waals surface area contributed by atoms with Crippen LogP contribution in [-0.4, -0.2) is 45.8 Å². The lowest BCUT2D eigenvalue weighted by molar-refractivity contribution is -0.155. The van der Waals surface area contributed by atoms with Crippen molar-refractivity contribution >= 4 is 11.9 Å². The van der Waals surface area contributed by atoms with Crippen LogP contribution in [0.4, 0.5) is 0 Å². The molecule has 1 fully saturated rings. The summed E-state index contributed by atoms with van der Waals surface area (Å²) >= 11 is 0. The SMILES string of the molecule is Cc1cn([C@H]2C[C@H](N=[N+]=[N-])[C@@H](CONC(=O)CCCC(=O)OC(C)(C)C)O2)c(=O)[nH]c1=O. The van der Waals surface area contributed by atoms with Crippen LogP contribution in [0.25, 0.3) is 10.4 Å². The minimum absolute atomic E-state index is 0.0548. The van der Waals surface area contributed by atoms with E-state index in [0.29, 0.717) is 12.0 Å². The van der Waals surface area contributed by atoms with Gasteiger partial charge in [0.15, 0.2) is 0 Å². The summed E-state index contributed by atoms with van der Waals surface area (Å²) in [5.74, 6) is -0.822. The first-order valence-corrected chi connectivity index (χ1v) is 10.1. The van der Waals surface area contributed by atoms with Gasteiger partial charge in [-0.2, -0.15) is 0 Å². The van der Waals surface area contributed by atoms with E-state index in [1.54, 1.807) is 27.7 Å². The molecule has 176 valence electrons. The largest absolute Gasteiger partial charge is 0.460 e. The van der Waals surface area contributed by atoms with Gasteiger partial charge < -0.3 is 9.47 Å². The quantitative estimate of drug-likeness (QED) is 0.187. The topological polar surface area (TPSA) is 177 Å². The molecule has 1 aromatic heterocycles. The van der Waals surface area contributed by atoms with Crippen molar-refractivity contribution in [2.24, 2.45) is 5.11 Å². The predicted molar refractivity (Wildman–Crippen MR) is 111 cm³/mol. The zero-order valence-electron chi connectivity index (χ0n) is 18.5. The minimum Gasteiger partial charge on any atom is -0.460 e. The van der Waals surface area contributed by atoms with Gasteiger partial charge in [-0.3, -0.25) is 28.8 Å². The molecule has 2 heterocycles. The summed E-state index contributed by atoms with van der Waals surface area (Å²) in [5.41, 5.74) is 9.66. The van der Waals surface area contributed by atoms with Crippen LogP contribution in [0.2, 0.25) is 0 Å². The number of aryl methyl sites for hydroxylation is 1. The summed E-state index contributed by atoms with van der Waals surface area (Å²) in [6.45, 7) is 6.71. The number of hydroxylamine groups is 1. The molecule has 0 radical (unpaired) electrons. The average Bonchev–Trinajstić information content (AvgIpc) is 3.06. The molecule has 0 unspecified atom stereocenters. The number of H-pyrrole nitrogens is 1. The van der Waals surface area contributed by atoms with Gasteiger partial charge in [-0.05, 0) is 39.6 Å². The summed E-state index contributed by atoms with van der Waals surface area (Å²) in [4.78, 5) is 57.4. The fourth-order valence-corrected chi connectivity index (χ4v) is 3.06. The van der Waals surface area contributed by atoms with Gasteiger partial charge in [0.25, 0.3) is 5.56 Å². The molecule has 13 nitrogen and oxygen atoms in total. The lowest BCUT2D eigenvalue weighted by Crippen LogP contribution is -2.34. The van der Waals surface area contributed by atoms with Crippen molar-refractivity contribution in [3.8, 4) is 0 Å². The molecule has 1 aliphatic heterocycles. The maximum absolute atomic E-state index is 12.1. The van der Waals surface area contributed by atoms with Crippen LogP contribution in [0.15, 0.2) is 20.9 Å². The Morgan fingerprint density at radius 1 is 1.38 bits per heavy atom. The third-order valence-electron chi connectivity index (χ3n) is 4.50. The van der Waals surface area contributed by atoms with E-state index in [-0.39, 0.29) is 31.8 Å². The van der Waals surface area contributed by atoms with E-state index >= 15 is 0 Å². The van der Waals surface area contributed by atoms with Gasteiger partial charge in [-0.1, -0.05) is 5.11 Å². The fourth-order valence-electron chi connectivity index (χ4n) is 3.06. The summed E-state index contributed by atoms with van der Waals surface area (Å²) in [5, 5.41) is 3.67. The second-order valence-electron chi connectivity index (χ2n) is 8.39. The number of nitrogens with zero attached hydrogens (tertiary/aromatic N) is 4. The Balaban J connectivity index is 1.84. The first-order valence-electron chi connectivity index (χ1n) is 10.1. The van der Waals surface area contributed by atoms with Crippen LogP contribution in [0, 0.1) is 6.92 Å². The van der Waals surface area contributed by atoms with Crippen LogP contribution >= 0.6 is 0 Å². The molecule has 0 spiro atoms. The van der Waals surface area contributed by atoms with Gasteiger partial charge in [0.1, 0.15) is 18.4 Å². The lowest BCUT2D eigenvalue weighted by Gasteiger charge is -2.19. The summed E-state index contributed by atoms with van der Waals surface area (Å²) in [6, 6.07) is -0.645. The van der Waals surface area contributed by atoms with Crippen molar-refractivity contribution in [3.63, 3.8) is 0 Å². The summed E-state index contributed by atoms with van der Waals surface area (Å²) in [6.07, 6.45) is 0.511. The number of ether oxygens (including phenoxy) is 2. The highest BCUT2D eigenvalue weighted by molar-refractivity contribution is 5.76. The Morgan fingerprint density at radius 2 is 2.09 bits per heavy atom. The van der Waals surface area contributed by atoms with Gasteiger partial charge in [0.2, 0.25) is 5.91 Å². The van der Waals surface area contributed by atoms with Gasteiger partial charge in [0, 0.05) is 35.9 Å². The number of esters is 1. The Morgan fingerprint density at radius 3 is 2.75 bits per heavy atom. The maximum Gasteiger partial charge on any atom is 0.330 e. The highest BCUT2D eigenvalue weighted by Crippen LogP contribution is 2.30. The monoisotopic (exact) mass is 452 g/mol. The average molecular weight is 452 g/mol. The molecule has 1 saturated heterocycles. The van der Waals surface area contributed by atoms with E-state index in [4.69, 9.17) is 19.8 Å². The first-order chi connectivity index (χ1) is 15.0. The van der Waals surface area contributed by atoms with E-state index in [9.17, 15) is 19.2 Å². The van der Waals surface area contributed by atoms with Crippen LogP contribution in [0.1, 0.15) is 58.2 Å². The van der Waals surface area contributed by atoms with Crippen molar-refractivity contribution in [1.82, 2.24) is 15.0 Å². The molecular formula is C19H28N6O7. The van der Waals surface area contributed by atoms with Crippen molar-refractivity contribution in [3.05, 3.63) is 43.0 Å². The van der Waals surface area contributed by atoms with Gasteiger partial charge in [-0.15, -0.1) is 0 Å². The van der Waals surface area contributed by atoms with E-state index in [1.165, 1.54) is 10.8 Å². The Bertz CT molecular complexity index is 989. The highest BCUT2D eigenvalue weighted by Gasteiger charge is 2.36. The molecule has 2 N–H and O–H groups in total. The van der Waals surface area contributed by atoms with Crippen LogP contribution in [0.5, 0.6) is 0 Å². The number of hydrogen-bond acceptors (Lipinski definition) is 8. The fraction of sp³-hybridized carbons (Fsp3) is 0.684. The number of aromatic amines is 1. The van der Waals surface area contributed by atoms with Crippen molar-refractivity contribution in [2.45, 2.75) is 77.4 Å². The zero-order valence-corrected chi connectivity index (χ0v) is 18.5. The number of aromatic nitrogens is 2. The van der Waals surface area contributed by atoms with Gasteiger partial charge in [0.05, 0.1) is 12.1 Å². The number of rotatable bonds is 9. The molecule has 1 amide bonds. The molecule has 1 aliphatic rings. The lowest BCUT2D eigenvalue weighted by atomic mass is 10.1. The van der Waals surface area contributed by atoms with E-state index in [1.807, 2.05) is 0 Å². The van der Waals surface area contributed by atoms with Gasteiger partial charge in [-0.25, -0.2) is 10.3 Å². The normalized spacial score (nSPS) is 20.4. The van der Waals surface area contributed by atoms with Crippen molar-refractivity contribution in [2.75, 3.05) is 6.61 Å². The number of azide groups is 1. The molecule has 0 bridgehead atoms. The van der Waals surface area contributed by atoms with Crippen LogP contribution < -0.4 is 16.7 Å². The smallest absolute Gasteiger partial charge is 0.330 e. The molecule has 0 aliphatic carbocycles. The summed E-state index contributed by atoms with van der Waals surface area (Å²) in [7, 11) is 0. The Hall–Kier alpha value is -3.15. The van der Waals surface area contributed by atoms with E-state index in [0.717, 1.165) is 0 Å². The number of carbonyl (C=O) groups excluding carboxylic acids is 2. The minimum atomic E-state index is -0.772. The Kier molecular flexibility index (Phi) is 8.58. The highest BCUT2D eigenvalue weighted by atomic mass is 16.7. The Labute approximate surface area is 183 Å². The molecule has 32 heavy (non-hydrogen) atoms. The molecule has 13 heteroatoms. The third-order valence-corrected chi connectivity index (χ3v) is 4.50. The molecular weight excluding hydrogens is 424 g/mol. The van der Waals surface area contributed by atoms with Gasteiger partial charge >= 0.3 is 11.7 Å². The van der Waals surface area contributed by atoms with Crippen LogP contribution in [-0.2, 0) is 23.9 Å². The zero-order chi connectivity index (χ0) is 23.9. The first kappa shape index (κ1) is 25.1. The van der Waals surface area contributed by atoms with E-state index in [2.05, 4.69) is 20.5 Å². The number of carbonyl (C=O) groups is 2. The molecule has 3 atom stereocenters. The van der Waals surface area contributed by atoms with Crippen molar-refractivity contribution < 1.29 is 23.9 Å². The second-order valence-corrected chi connectivity index (χ2v) is 8.39. The molecule has 1 aromatic rings. The molecule has 0 saturated carbocycles. The molecule has 2 rings (SSSR count). The van der Waals surface area contributed by atoms with Crippen molar-refractivity contribution in [1.29, 1.82) is 0 Å². The number of nitrogens with one attached hydrogen (secondary N) is 2. The second kappa shape index (κ2) is 10.9. The number of hydrogen-bond donors (Lipinski definition) is 2. The standard InChI is InChI=1S/C19H28N6O7/c1-11-9-25(18(29)21-17(11)28)15-8-12(22-24-20)13(31-15)10-30-23-14(26)6-5-7-16(27)32-19(2,3)4/h9,12-13,15H,5-8,10H2,1-4H3,(H,23,26)(H,21,28,29)/t12-,13+,15+/m0/s1. The number of amides is 1. The third kappa shape index (κ3) is 7.52. The van der Waals surface area contributed by atoms with Crippen LogP contribution in [0.3, 0.4) is 0 Å². The van der Waals surface area contributed by atoms with E-state index < -0.39 is 41.1 Å².